The molecule has 1 N–H and O–H groups in total. The van der Waals surface area contributed by atoms with Gasteiger partial charge in [0.1, 0.15) is 0 Å². The van der Waals surface area contributed by atoms with E-state index in [9.17, 15) is 4.79 Å². The average Bonchev–Trinajstić information content (AvgIpc) is 2.82. The Hall–Kier alpha value is -1.52. The second-order valence-corrected chi connectivity index (χ2v) is 5.47. The molecule has 0 aliphatic carbocycles. The SMILES string of the molecule is COC(=O)c1cc(NCc2sccc2C)ccc1Cl. The predicted molar refractivity (Wildman–Crippen MR) is 79.2 cm³/mol. The van der Waals surface area contributed by atoms with Gasteiger partial charge >= 0.3 is 5.97 Å². The Morgan fingerprint density at radius 3 is 2.84 bits per heavy atom. The first kappa shape index (κ1) is 13.9. The molecular weight excluding hydrogens is 282 g/mol. The Morgan fingerprint density at radius 2 is 2.21 bits per heavy atom. The third-order valence-electron chi connectivity index (χ3n) is 2.79. The number of esters is 1. The summed E-state index contributed by atoms with van der Waals surface area (Å²) in [5.41, 5.74) is 2.48. The lowest BCUT2D eigenvalue weighted by Crippen LogP contribution is -2.04. The number of halogens is 1. The van der Waals surface area contributed by atoms with E-state index in [2.05, 4.69) is 23.7 Å². The number of ether oxygens (including phenoxy) is 1. The Kier molecular flexibility index (Phi) is 4.45. The molecule has 19 heavy (non-hydrogen) atoms. The minimum atomic E-state index is -0.430. The van der Waals surface area contributed by atoms with Crippen LogP contribution in [0.2, 0.25) is 5.02 Å². The maximum absolute atomic E-state index is 11.5. The van der Waals surface area contributed by atoms with Gasteiger partial charge in [-0.3, -0.25) is 0 Å². The van der Waals surface area contributed by atoms with Gasteiger partial charge in [-0.2, -0.15) is 0 Å². The molecular formula is C14H14ClNO2S. The van der Waals surface area contributed by atoms with Crippen LogP contribution in [0.3, 0.4) is 0 Å². The van der Waals surface area contributed by atoms with E-state index >= 15 is 0 Å². The summed E-state index contributed by atoms with van der Waals surface area (Å²) < 4.78 is 4.69. The fourth-order valence-corrected chi connectivity index (χ4v) is 2.71. The molecule has 1 aromatic heterocycles. The largest absolute Gasteiger partial charge is 0.465 e. The van der Waals surface area contributed by atoms with Crippen molar-refractivity contribution in [3.05, 3.63) is 50.7 Å². The first-order valence-electron chi connectivity index (χ1n) is 5.76. The molecule has 0 unspecified atom stereocenters. The van der Waals surface area contributed by atoms with Crippen LogP contribution in [0.1, 0.15) is 20.8 Å². The van der Waals surface area contributed by atoms with Crippen LogP contribution in [-0.4, -0.2) is 13.1 Å². The van der Waals surface area contributed by atoms with E-state index in [1.54, 1.807) is 23.5 Å². The number of benzene rings is 1. The van der Waals surface area contributed by atoms with Gasteiger partial charge < -0.3 is 10.1 Å². The molecule has 5 heteroatoms. The monoisotopic (exact) mass is 295 g/mol. The van der Waals surface area contributed by atoms with Gasteiger partial charge in [-0.05, 0) is 42.1 Å². The zero-order valence-corrected chi connectivity index (χ0v) is 12.3. The first-order valence-corrected chi connectivity index (χ1v) is 7.02. The molecule has 0 amide bonds. The van der Waals surface area contributed by atoms with Crippen LogP contribution >= 0.6 is 22.9 Å². The minimum Gasteiger partial charge on any atom is -0.465 e. The van der Waals surface area contributed by atoms with E-state index in [1.165, 1.54) is 17.6 Å². The number of carbonyl (C=O) groups is 1. The summed E-state index contributed by atoms with van der Waals surface area (Å²) in [6.07, 6.45) is 0. The molecule has 2 rings (SSSR count). The van der Waals surface area contributed by atoms with E-state index in [0.29, 0.717) is 10.6 Å². The summed E-state index contributed by atoms with van der Waals surface area (Å²) in [6.45, 7) is 2.81. The highest BCUT2D eigenvalue weighted by molar-refractivity contribution is 7.10. The molecule has 0 aliphatic heterocycles. The number of aryl methyl sites for hydroxylation is 1. The van der Waals surface area contributed by atoms with Crippen LogP contribution in [0.15, 0.2) is 29.6 Å². The van der Waals surface area contributed by atoms with Crippen molar-refractivity contribution < 1.29 is 9.53 Å². The van der Waals surface area contributed by atoms with E-state index in [-0.39, 0.29) is 0 Å². The molecule has 0 atom stereocenters. The van der Waals surface area contributed by atoms with Crippen molar-refractivity contribution in [3.8, 4) is 0 Å². The van der Waals surface area contributed by atoms with E-state index in [0.717, 1.165) is 12.2 Å². The number of rotatable bonds is 4. The standard InChI is InChI=1S/C14H14ClNO2S/c1-9-5-6-19-13(9)8-16-10-3-4-12(15)11(7-10)14(17)18-2/h3-7,16H,8H2,1-2H3. The number of hydrogen-bond donors (Lipinski definition) is 1. The van der Waals surface area contributed by atoms with Gasteiger partial charge in [0.15, 0.2) is 0 Å². The maximum atomic E-state index is 11.5. The van der Waals surface area contributed by atoms with Crippen LogP contribution in [0.25, 0.3) is 0 Å². The summed E-state index contributed by atoms with van der Waals surface area (Å²) in [6, 6.07) is 7.33. The lowest BCUT2D eigenvalue weighted by atomic mass is 10.2. The molecule has 0 fully saturated rings. The van der Waals surface area contributed by atoms with Crippen LogP contribution in [0, 0.1) is 6.92 Å². The molecule has 1 aromatic carbocycles. The van der Waals surface area contributed by atoms with Crippen molar-refractivity contribution in [2.24, 2.45) is 0 Å². The Balaban J connectivity index is 2.13. The van der Waals surface area contributed by atoms with E-state index < -0.39 is 5.97 Å². The van der Waals surface area contributed by atoms with Crippen LogP contribution < -0.4 is 5.32 Å². The zero-order valence-electron chi connectivity index (χ0n) is 10.7. The van der Waals surface area contributed by atoms with Crippen LogP contribution in [-0.2, 0) is 11.3 Å². The number of methoxy groups -OCH3 is 1. The predicted octanol–water partition coefficient (Wildman–Crippen LogP) is 4.11. The molecule has 100 valence electrons. The molecule has 1 heterocycles. The second-order valence-electron chi connectivity index (χ2n) is 4.07. The van der Waals surface area contributed by atoms with Crippen molar-refractivity contribution in [2.75, 3.05) is 12.4 Å². The number of nitrogens with one attached hydrogen (secondary N) is 1. The van der Waals surface area contributed by atoms with Gasteiger partial charge in [-0.15, -0.1) is 11.3 Å². The van der Waals surface area contributed by atoms with Crippen molar-refractivity contribution in [3.63, 3.8) is 0 Å². The fraction of sp³-hybridized carbons (Fsp3) is 0.214. The lowest BCUT2D eigenvalue weighted by molar-refractivity contribution is 0.0601. The van der Waals surface area contributed by atoms with E-state index in [1.807, 2.05) is 6.07 Å². The van der Waals surface area contributed by atoms with Crippen molar-refractivity contribution in [1.82, 2.24) is 0 Å². The number of anilines is 1. The lowest BCUT2D eigenvalue weighted by Gasteiger charge is -2.08. The van der Waals surface area contributed by atoms with Gasteiger partial charge in [0.05, 0.1) is 17.7 Å². The third kappa shape index (κ3) is 3.28. The summed E-state index contributed by atoms with van der Waals surface area (Å²) in [7, 11) is 1.34. The normalized spacial score (nSPS) is 10.3. The topological polar surface area (TPSA) is 38.3 Å². The van der Waals surface area contributed by atoms with Gasteiger partial charge in [-0.25, -0.2) is 4.79 Å². The van der Waals surface area contributed by atoms with Gasteiger partial charge in [-0.1, -0.05) is 11.6 Å². The highest BCUT2D eigenvalue weighted by atomic mass is 35.5. The quantitative estimate of drug-likeness (QED) is 0.863. The van der Waals surface area contributed by atoms with Gasteiger partial charge in [0.25, 0.3) is 0 Å². The van der Waals surface area contributed by atoms with Crippen LogP contribution in [0.5, 0.6) is 0 Å². The molecule has 0 saturated carbocycles. The Morgan fingerprint density at radius 1 is 1.42 bits per heavy atom. The van der Waals surface area contributed by atoms with Crippen molar-refractivity contribution >= 4 is 34.6 Å². The molecule has 3 nitrogen and oxygen atoms in total. The number of thiophene rings is 1. The summed E-state index contributed by atoms with van der Waals surface area (Å²) in [4.78, 5) is 12.8. The molecule has 0 aliphatic rings. The van der Waals surface area contributed by atoms with Gasteiger partial charge in [0, 0.05) is 17.1 Å². The average molecular weight is 296 g/mol. The van der Waals surface area contributed by atoms with Gasteiger partial charge in [0.2, 0.25) is 0 Å². The highest BCUT2D eigenvalue weighted by Crippen LogP contribution is 2.23. The van der Waals surface area contributed by atoms with Crippen molar-refractivity contribution in [2.45, 2.75) is 13.5 Å². The first-order chi connectivity index (χ1) is 9.11. The van der Waals surface area contributed by atoms with Crippen LogP contribution in [0.4, 0.5) is 5.69 Å². The highest BCUT2D eigenvalue weighted by Gasteiger charge is 2.11. The van der Waals surface area contributed by atoms with E-state index in [4.69, 9.17) is 16.3 Å². The minimum absolute atomic E-state index is 0.372. The molecule has 0 radical (unpaired) electrons. The molecule has 2 aromatic rings. The summed E-state index contributed by atoms with van der Waals surface area (Å²) in [5.74, 6) is -0.430. The third-order valence-corrected chi connectivity index (χ3v) is 4.15. The smallest absolute Gasteiger partial charge is 0.339 e. The molecule has 0 bridgehead atoms. The Bertz CT molecular complexity index is 595. The second kappa shape index (κ2) is 6.08. The fourth-order valence-electron chi connectivity index (χ4n) is 1.67. The summed E-state index contributed by atoms with van der Waals surface area (Å²) in [5, 5.41) is 5.74. The number of hydrogen-bond acceptors (Lipinski definition) is 4. The number of carbonyl (C=O) groups excluding carboxylic acids is 1. The molecule has 0 spiro atoms. The maximum Gasteiger partial charge on any atom is 0.339 e. The zero-order chi connectivity index (χ0) is 13.8. The molecule has 0 saturated heterocycles. The van der Waals surface area contributed by atoms with Crippen molar-refractivity contribution in [1.29, 1.82) is 0 Å². The Labute approximate surface area is 121 Å². The summed E-state index contributed by atoms with van der Waals surface area (Å²) >= 11 is 7.67.